The van der Waals surface area contributed by atoms with Crippen LogP contribution in [0.4, 0.5) is 0 Å². The highest BCUT2D eigenvalue weighted by atomic mass is 16.4. The summed E-state index contributed by atoms with van der Waals surface area (Å²) in [4.78, 5) is 21.8. The van der Waals surface area contributed by atoms with Crippen LogP contribution >= 0.6 is 0 Å². The minimum atomic E-state index is -0.977. The van der Waals surface area contributed by atoms with Gasteiger partial charge >= 0.3 is 12.4 Å². The Morgan fingerprint density at radius 2 is 2.08 bits per heavy atom. The van der Waals surface area contributed by atoms with Crippen LogP contribution in [0.5, 0.6) is 0 Å². The lowest BCUT2D eigenvalue weighted by atomic mass is 10.0. The van der Waals surface area contributed by atoms with Gasteiger partial charge < -0.3 is 5.11 Å². The molecule has 0 fully saturated rings. The number of carboxylic acid groups (broad SMARTS) is 1. The molecule has 4 nitrogen and oxygen atoms in total. The molecule has 0 bridgehead atoms. The molecule has 0 rings (SSSR count). The van der Waals surface area contributed by atoms with E-state index in [2.05, 4.69) is 0 Å². The second-order valence-electron chi connectivity index (χ2n) is 3.19. The number of nitrogens with zero attached hydrogens (tertiary/aromatic N) is 1. The number of carbonyl (C=O) groups excluding carboxylic acids is 1. The highest BCUT2D eigenvalue weighted by molar-refractivity contribution is 5.76. The Kier molecular flexibility index (Phi) is 4.22. The number of carboxylic acids is 1. The van der Waals surface area contributed by atoms with Crippen molar-refractivity contribution >= 4 is 12.4 Å². The topological polar surface area (TPSA) is 57.6 Å². The van der Waals surface area contributed by atoms with Crippen LogP contribution in [0.1, 0.15) is 20.3 Å². The van der Waals surface area contributed by atoms with Crippen LogP contribution in [0, 0.1) is 5.92 Å². The Bertz CT molecular complexity index is 168. The SMILES string of the molecule is CC(C)C[C@@H](C(=O)O)N(C)[C+]=O. The molecule has 0 spiro atoms. The number of amides is 1. The summed E-state index contributed by atoms with van der Waals surface area (Å²) < 4.78 is 0. The summed E-state index contributed by atoms with van der Waals surface area (Å²) in [5.74, 6) is -0.726. The Morgan fingerprint density at radius 1 is 1.58 bits per heavy atom. The first-order chi connectivity index (χ1) is 5.49. The molecule has 0 aromatic heterocycles. The van der Waals surface area contributed by atoms with Crippen LogP contribution in [0.3, 0.4) is 0 Å². The van der Waals surface area contributed by atoms with Crippen LogP contribution < -0.4 is 0 Å². The first-order valence-electron chi connectivity index (χ1n) is 3.82. The van der Waals surface area contributed by atoms with Crippen LogP contribution in [-0.2, 0) is 9.59 Å². The molecule has 0 unspecified atom stereocenters. The molecule has 0 saturated heterocycles. The van der Waals surface area contributed by atoms with Gasteiger partial charge in [-0.15, -0.1) is 4.90 Å². The van der Waals surface area contributed by atoms with Crippen molar-refractivity contribution in [1.82, 2.24) is 4.90 Å². The molecule has 1 atom stereocenters. The van der Waals surface area contributed by atoms with E-state index in [0.717, 1.165) is 4.90 Å². The third-order valence-electron chi connectivity index (χ3n) is 1.59. The molecule has 0 saturated carbocycles. The maximum Gasteiger partial charge on any atom is 0.668 e. The minimum absolute atomic E-state index is 0.252. The van der Waals surface area contributed by atoms with Gasteiger partial charge in [-0.3, -0.25) is 0 Å². The van der Waals surface area contributed by atoms with Crippen LogP contribution in [-0.4, -0.2) is 35.5 Å². The number of hydrogen-bond acceptors (Lipinski definition) is 2. The first-order valence-corrected chi connectivity index (χ1v) is 3.82. The average Bonchev–Trinajstić information content (AvgIpc) is 1.98. The maximum absolute atomic E-state index is 10.6. The van der Waals surface area contributed by atoms with Gasteiger partial charge in [0.05, 0.1) is 11.8 Å². The highest BCUT2D eigenvalue weighted by Crippen LogP contribution is 2.08. The van der Waals surface area contributed by atoms with Gasteiger partial charge in [-0.05, 0) is 12.3 Å². The minimum Gasteiger partial charge on any atom is -0.480 e. The molecule has 0 aliphatic rings. The van der Waals surface area contributed by atoms with Crippen molar-refractivity contribution in [2.75, 3.05) is 7.05 Å². The number of hydrogen-bond donors (Lipinski definition) is 1. The van der Waals surface area contributed by atoms with Crippen molar-refractivity contribution in [1.29, 1.82) is 0 Å². The molecule has 4 heteroatoms. The summed E-state index contributed by atoms with van der Waals surface area (Å²) in [6, 6.07) is -0.748. The molecule has 12 heavy (non-hydrogen) atoms. The van der Waals surface area contributed by atoms with Gasteiger partial charge in [-0.1, -0.05) is 13.8 Å². The van der Waals surface area contributed by atoms with Crippen molar-refractivity contribution in [3.05, 3.63) is 0 Å². The molecule has 0 aromatic rings. The lowest BCUT2D eigenvalue weighted by Crippen LogP contribution is -2.38. The Labute approximate surface area is 72.2 Å². The smallest absolute Gasteiger partial charge is 0.480 e. The van der Waals surface area contributed by atoms with E-state index in [1.165, 1.54) is 7.05 Å². The summed E-state index contributed by atoms with van der Waals surface area (Å²) in [7, 11) is 1.42. The van der Waals surface area contributed by atoms with E-state index in [9.17, 15) is 9.59 Å². The Hall–Kier alpha value is -1.15. The average molecular weight is 172 g/mol. The monoisotopic (exact) mass is 172 g/mol. The molecule has 68 valence electrons. The standard InChI is InChI=1S/C8H13NO3/c1-6(2)4-7(8(11)12)9(3)5-10/h6-7H,4H2,1-3H3/p+1/t7-/m0/s1. The second-order valence-corrected chi connectivity index (χ2v) is 3.19. The number of likely N-dealkylation sites (N-methyl/N-ethyl adjacent to an activating group) is 1. The van der Waals surface area contributed by atoms with Crippen LogP contribution in [0.2, 0.25) is 0 Å². The largest absolute Gasteiger partial charge is 0.668 e. The van der Waals surface area contributed by atoms with Gasteiger partial charge in [-0.25, -0.2) is 4.79 Å². The molecule has 0 aromatic carbocycles. The van der Waals surface area contributed by atoms with Crippen molar-refractivity contribution in [3.63, 3.8) is 0 Å². The summed E-state index contributed by atoms with van der Waals surface area (Å²) >= 11 is 0. The highest BCUT2D eigenvalue weighted by Gasteiger charge is 2.30. The third kappa shape index (κ3) is 3.30. The Morgan fingerprint density at radius 3 is 2.33 bits per heavy atom. The zero-order valence-electron chi connectivity index (χ0n) is 7.57. The third-order valence-corrected chi connectivity index (χ3v) is 1.59. The molecule has 1 N–H and O–H groups in total. The molecule has 0 aliphatic heterocycles. The van der Waals surface area contributed by atoms with Crippen LogP contribution in [0.15, 0.2) is 0 Å². The van der Waals surface area contributed by atoms with Gasteiger partial charge in [0, 0.05) is 0 Å². The lowest BCUT2D eigenvalue weighted by Gasteiger charge is -2.13. The number of rotatable bonds is 5. The summed E-state index contributed by atoms with van der Waals surface area (Å²) in [5, 5.41) is 8.70. The normalized spacial score (nSPS) is 12.3. The van der Waals surface area contributed by atoms with Gasteiger partial charge in [-0.2, -0.15) is 0 Å². The summed E-state index contributed by atoms with van der Waals surface area (Å²) in [6.45, 7) is 3.82. The zero-order chi connectivity index (χ0) is 9.72. The summed E-state index contributed by atoms with van der Waals surface area (Å²) in [5.41, 5.74) is 0. The molecule has 0 heterocycles. The Balaban J connectivity index is 4.22. The second kappa shape index (κ2) is 4.67. The van der Waals surface area contributed by atoms with E-state index in [4.69, 9.17) is 5.11 Å². The van der Waals surface area contributed by atoms with Crippen molar-refractivity contribution in [3.8, 4) is 0 Å². The maximum atomic E-state index is 10.6. The van der Waals surface area contributed by atoms with Crippen LogP contribution in [0.25, 0.3) is 0 Å². The van der Waals surface area contributed by atoms with Gasteiger partial charge in [0.1, 0.15) is 0 Å². The fourth-order valence-corrected chi connectivity index (χ4v) is 0.935. The summed E-state index contributed by atoms with van der Waals surface area (Å²) in [6.07, 6.45) is 2.01. The molecular weight excluding hydrogens is 158 g/mol. The van der Waals surface area contributed by atoms with E-state index < -0.39 is 12.0 Å². The number of carbonyl (C=O) groups is 1. The van der Waals surface area contributed by atoms with E-state index in [0.29, 0.717) is 6.42 Å². The predicted octanol–water partition coefficient (Wildman–Crippen LogP) is 0.485. The predicted molar refractivity (Wildman–Crippen MR) is 44.3 cm³/mol. The zero-order valence-corrected chi connectivity index (χ0v) is 7.57. The van der Waals surface area contributed by atoms with E-state index in [-0.39, 0.29) is 5.92 Å². The van der Waals surface area contributed by atoms with Crippen molar-refractivity contribution < 1.29 is 14.7 Å². The number of aliphatic carboxylic acids is 1. The van der Waals surface area contributed by atoms with E-state index in [1.54, 1.807) is 6.41 Å². The molecule has 1 amide bonds. The fourth-order valence-electron chi connectivity index (χ4n) is 0.935. The molecular formula is C8H14NO3+. The quantitative estimate of drug-likeness (QED) is 0.485. The lowest BCUT2D eigenvalue weighted by molar-refractivity contribution is -0.142. The van der Waals surface area contributed by atoms with E-state index >= 15 is 0 Å². The van der Waals surface area contributed by atoms with Gasteiger partial charge in [0.15, 0.2) is 6.04 Å². The first kappa shape index (κ1) is 10.8. The van der Waals surface area contributed by atoms with Gasteiger partial charge in [0.25, 0.3) is 0 Å². The molecule has 0 aliphatic carbocycles. The fraction of sp³-hybridized carbons (Fsp3) is 0.750. The van der Waals surface area contributed by atoms with Gasteiger partial charge in [0.2, 0.25) is 0 Å². The molecule has 0 radical (unpaired) electrons. The van der Waals surface area contributed by atoms with E-state index in [1.807, 2.05) is 13.8 Å². The van der Waals surface area contributed by atoms with Crippen molar-refractivity contribution in [2.45, 2.75) is 26.3 Å². The van der Waals surface area contributed by atoms with Crippen molar-refractivity contribution in [2.24, 2.45) is 5.92 Å².